The molecule has 1 aliphatic heterocycles. The molecule has 1 aromatic heterocycles. The van der Waals surface area contributed by atoms with Crippen molar-refractivity contribution in [1.29, 1.82) is 0 Å². The van der Waals surface area contributed by atoms with Crippen molar-refractivity contribution in [3.63, 3.8) is 0 Å². The zero-order valence-corrected chi connectivity index (χ0v) is 15.4. The van der Waals surface area contributed by atoms with Gasteiger partial charge in [-0.2, -0.15) is 17.8 Å². The second-order valence-electron chi connectivity index (χ2n) is 6.31. The van der Waals surface area contributed by atoms with E-state index in [1.165, 1.54) is 4.31 Å². The zero-order valence-electron chi connectivity index (χ0n) is 14.6. The smallest absolute Gasteiger partial charge is 0.276 e. The largest absolute Gasteiger partial charge is 0.352 e. The third-order valence-corrected chi connectivity index (χ3v) is 5.53. The minimum atomic E-state index is -3.76. The Morgan fingerprint density at radius 1 is 1.35 bits per heavy atom. The molecule has 1 saturated heterocycles. The van der Waals surface area contributed by atoms with Crippen LogP contribution in [-0.4, -0.2) is 48.0 Å². The van der Waals surface area contributed by atoms with Crippen LogP contribution in [0.1, 0.15) is 41.7 Å². The van der Waals surface area contributed by atoms with Crippen molar-refractivity contribution in [3.05, 3.63) is 47.8 Å². The van der Waals surface area contributed by atoms with Crippen molar-refractivity contribution < 1.29 is 13.2 Å². The first-order chi connectivity index (χ1) is 12.4. The van der Waals surface area contributed by atoms with Crippen LogP contribution >= 0.6 is 0 Å². The molecule has 26 heavy (non-hydrogen) atoms. The summed E-state index contributed by atoms with van der Waals surface area (Å²) in [7, 11) is -3.76. The Balaban J connectivity index is 1.99. The Kier molecular flexibility index (Phi) is 5.40. The Hall–Kier alpha value is -2.23. The molecule has 1 aromatic carbocycles. The van der Waals surface area contributed by atoms with Gasteiger partial charge in [0.25, 0.3) is 16.1 Å². The van der Waals surface area contributed by atoms with Gasteiger partial charge in [-0.25, -0.2) is 9.82 Å². The molecule has 140 valence electrons. The summed E-state index contributed by atoms with van der Waals surface area (Å²) in [6.45, 7) is 2.98. The highest BCUT2D eigenvalue weighted by Gasteiger charge is 2.31. The van der Waals surface area contributed by atoms with E-state index in [9.17, 15) is 13.2 Å². The summed E-state index contributed by atoms with van der Waals surface area (Å²) in [5.74, 6) is -0.387. The molecule has 0 radical (unpaired) electrons. The lowest BCUT2D eigenvalue weighted by atomic mass is 9.93. The highest BCUT2D eigenvalue weighted by atomic mass is 32.2. The highest BCUT2D eigenvalue weighted by Crippen LogP contribution is 2.29. The SMILES string of the molecule is CCNC(=O)c1cn(-c2ccccc2)nc1C1CCCN(S(N)(=O)=O)C1. The topological polar surface area (TPSA) is 110 Å². The van der Waals surface area contributed by atoms with E-state index in [2.05, 4.69) is 10.4 Å². The van der Waals surface area contributed by atoms with Crippen molar-refractivity contribution in [3.8, 4) is 5.69 Å². The van der Waals surface area contributed by atoms with E-state index in [-0.39, 0.29) is 18.4 Å². The summed E-state index contributed by atoms with van der Waals surface area (Å²) in [6, 6.07) is 9.49. The maximum Gasteiger partial charge on any atom is 0.276 e. The fraction of sp³-hybridized carbons (Fsp3) is 0.412. The van der Waals surface area contributed by atoms with Crippen molar-refractivity contribution >= 4 is 16.1 Å². The molecule has 1 atom stereocenters. The summed E-state index contributed by atoms with van der Waals surface area (Å²) in [5.41, 5.74) is 1.91. The molecule has 1 amide bonds. The molecule has 0 spiro atoms. The molecule has 1 fully saturated rings. The van der Waals surface area contributed by atoms with Crippen LogP contribution in [0.4, 0.5) is 0 Å². The summed E-state index contributed by atoms with van der Waals surface area (Å²) < 4.78 is 26.3. The van der Waals surface area contributed by atoms with Gasteiger partial charge >= 0.3 is 0 Å². The molecule has 0 aliphatic carbocycles. The minimum absolute atomic E-state index is 0.176. The lowest BCUT2D eigenvalue weighted by molar-refractivity contribution is 0.0954. The van der Waals surface area contributed by atoms with Gasteiger partial charge in [-0.15, -0.1) is 0 Å². The molecule has 0 saturated carbocycles. The standard InChI is InChI=1S/C17H23N5O3S/c1-2-19-17(23)15-12-22(14-8-4-3-5-9-14)20-16(15)13-7-6-10-21(11-13)26(18,24)25/h3-5,8-9,12-13H,2,6-7,10-11H2,1H3,(H,19,23)(H2,18,24,25). The van der Waals surface area contributed by atoms with Crippen LogP contribution in [0.15, 0.2) is 36.5 Å². The molecule has 1 aliphatic rings. The Labute approximate surface area is 153 Å². The molecular weight excluding hydrogens is 354 g/mol. The molecule has 2 aromatic rings. The zero-order chi connectivity index (χ0) is 18.7. The third-order valence-electron chi connectivity index (χ3n) is 4.48. The number of amides is 1. The number of hydrogen-bond donors (Lipinski definition) is 2. The van der Waals surface area contributed by atoms with Crippen molar-refractivity contribution in [2.75, 3.05) is 19.6 Å². The van der Waals surface area contributed by atoms with Gasteiger partial charge < -0.3 is 5.32 Å². The van der Waals surface area contributed by atoms with Gasteiger partial charge in [0, 0.05) is 31.7 Å². The van der Waals surface area contributed by atoms with Gasteiger partial charge in [0.05, 0.1) is 16.9 Å². The first-order valence-corrected chi connectivity index (χ1v) is 10.1. The summed E-state index contributed by atoms with van der Waals surface area (Å²) in [4.78, 5) is 12.5. The number of piperidine rings is 1. The Morgan fingerprint density at radius 3 is 2.73 bits per heavy atom. The molecule has 0 bridgehead atoms. The average Bonchev–Trinajstić information content (AvgIpc) is 3.08. The maximum atomic E-state index is 12.5. The molecule has 9 heteroatoms. The van der Waals surface area contributed by atoms with Crippen molar-refractivity contribution in [1.82, 2.24) is 19.4 Å². The van der Waals surface area contributed by atoms with Gasteiger partial charge in [-0.05, 0) is 31.9 Å². The van der Waals surface area contributed by atoms with Crippen LogP contribution < -0.4 is 10.5 Å². The number of carbonyl (C=O) groups is 1. The fourth-order valence-electron chi connectivity index (χ4n) is 3.23. The van der Waals surface area contributed by atoms with Crippen LogP contribution in [0.5, 0.6) is 0 Å². The maximum absolute atomic E-state index is 12.5. The van der Waals surface area contributed by atoms with Crippen LogP contribution in [0.3, 0.4) is 0 Å². The van der Waals surface area contributed by atoms with Gasteiger partial charge in [0.1, 0.15) is 0 Å². The summed E-state index contributed by atoms with van der Waals surface area (Å²) in [5, 5.41) is 12.7. The lowest BCUT2D eigenvalue weighted by Gasteiger charge is -2.30. The summed E-state index contributed by atoms with van der Waals surface area (Å²) >= 11 is 0. The highest BCUT2D eigenvalue weighted by molar-refractivity contribution is 7.86. The van der Waals surface area contributed by atoms with E-state index < -0.39 is 10.2 Å². The minimum Gasteiger partial charge on any atom is -0.352 e. The number of nitrogens with zero attached hydrogens (tertiary/aromatic N) is 3. The predicted octanol–water partition coefficient (Wildman–Crippen LogP) is 1.00. The first kappa shape index (κ1) is 18.6. The van der Waals surface area contributed by atoms with Crippen LogP contribution in [0.25, 0.3) is 5.69 Å². The molecule has 3 rings (SSSR count). The second-order valence-corrected chi connectivity index (χ2v) is 7.86. The van der Waals surface area contributed by atoms with E-state index in [0.717, 1.165) is 12.1 Å². The quantitative estimate of drug-likeness (QED) is 0.810. The Morgan fingerprint density at radius 2 is 2.08 bits per heavy atom. The molecular formula is C17H23N5O3S. The normalized spacial score (nSPS) is 18.6. The van der Waals surface area contributed by atoms with Crippen LogP contribution in [0, 0.1) is 0 Å². The average molecular weight is 377 g/mol. The molecule has 8 nitrogen and oxygen atoms in total. The van der Waals surface area contributed by atoms with E-state index in [1.807, 2.05) is 37.3 Å². The van der Waals surface area contributed by atoms with E-state index >= 15 is 0 Å². The fourth-order valence-corrected chi connectivity index (χ4v) is 4.00. The van der Waals surface area contributed by atoms with Crippen LogP contribution in [-0.2, 0) is 10.2 Å². The molecule has 1 unspecified atom stereocenters. The van der Waals surface area contributed by atoms with E-state index in [0.29, 0.717) is 30.8 Å². The number of aromatic nitrogens is 2. The van der Waals surface area contributed by atoms with E-state index in [1.54, 1.807) is 10.9 Å². The second kappa shape index (κ2) is 7.56. The number of nitrogens with two attached hydrogens (primary N) is 1. The first-order valence-electron chi connectivity index (χ1n) is 8.61. The number of carbonyl (C=O) groups excluding carboxylic acids is 1. The molecule has 2 heterocycles. The third kappa shape index (κ3) is 3.95. The summed E-state index contributed by atoms with van der Waals surface area (Å²) in [6.07, 6.45) is 3.13. The predicted molar refractivity (Wildman–Crippen MR) is 98.2 cm³/mol. The number of benzene rings is 1. The van der Waals surface area contributed by atoms with Crippen molar-refractivity contribution in [2.45, 2.75) is 25.7 Å². The molecule has 3 N–H and O–H groups in total. The van der Waals surface area contributed by atoms with Gasteiger partial charge in [0.2, 0.25) is 0 Å². The number of para-hydroxylation sites is 1. The number of hydrogen-bond acceptors (Lipinski definition) is 4. The number of nitrogens with one attached hydrogen (secondary N) is 1. The van der Waals surface area contributed by atoms with Gasteiger partial charge in [-0.1, -0.05) is 18.2 Å². The lowest BCUT2D eigenvalue weighted by Crippen LogP contribution is -2.43. The van der Waals surface area contributed by atoms with Gasteiger partial charge in [-0.3, -0.25) is 4.79 Å². The van der Waals surface area contributed by atoms with Crippen molar-refractivity contribution in [2.24, 2.45) is 5.14 Å². The Bertz CT molecular complexity index is 879. The van der Waals surface area contributed by atoms with Gasteiger partial charge in [0.15, 0.2) is 0 Å². The van der Waals surface area contributed by atoms with Crippen LogP contribution in [0.2, 0.25) is 0 Å². The number of rotatable bonds is 5. The van der Waals surface area contributed by atoms with E-state index in [4.69, 9.17) is 5.14 Å². The monoisotopic (exact) mass is 377 g/mol.